The highest BCUT2D eigenvalue weighted by Gasteiger charge is 2.23. The van der Waals surface area contributed by atoms with Crippen LogP contribution in [0, 0.1) is 6.92 Å². The largest absolute Gasteiger partial charge is 0.384 e. The number of aliphatic hydroxyl groups is 1. The minimum absolute atomic E-state index is 0.538. The van der Waals surface area contributed by atoms with E-state index in [1.54, 1.807) is 11.7 Å². The highest BCUT2D eigenvalue weighted by atomic mass is 35.5. The van der Waals surface area contributed by atoms with Crippen LogP contribution in [0.1, 0.15) is 43.0 Å². The maximum Gasteiger partial charge on any atom is 0.133 e. The molecule has 0 aliphatic heterocycles. The van der Waals surface area contributed by atoms with Gasteiger partial charge >= 0.3 is 0 Å². The van der Waals surface area contributed by atoms with Crippen molar-refractivity contribution >= 4 is 11.6 Å². The van der Waals surface area contributed by atoms with Gasteiger partial charge < -0.3 is 5.11 Å². The first-order chi connectivity index (χ1) is 7.61. The van der Waals surface area contributed by atoms with E-state index in [4.69, 9.17) is 11.6 Å². The number of nitrogens with zero attached hydrogens (tertiary/aromatic N) is 2. The molecule has 1 heterocycles. The van der Waals surface area contributed by atoms with Crippen molar-refractivity contribution in [2.24, 2.45) is 7.05 Å². The average molecular weight is 241 g/mol. The molecule has 0 radical (unpaired) electrons. The van der Waals surface area contributed by atoms with Crippen LogP contribution in [-0.2, 0) is 7.05 Å². The second-order valence-electron chi connectivity index (χ2n) is 4.34. The van der Waals surface area contributed by atoms with Crippen LogP contribution >= 0.6 is 11.6 Å². The van der Waals surface area contributed by atoms with Crippen LogP contribution in [0.25, 0.3) is 0 Å². The fraction of sp³-hybridized carbons (Fsp3) is 0.583. The number of hydrogen-bond donors (Lipinski definition) is 1. The van der Waals surface area contributed by atoms with Crippen LogP contribution in [0.4, 0.5) is 0 Å². The Balaban J connectivity index is 2.32. The Hall–Kier alpha value is -0.800. The predicted octanol–water partition coefficient (Wildman–Crippen LogP) is 2.92. The Morgan fingerprint density at radius 1 is 1.50 bits per heavy atom. The van der Waals surface area contributed by atoms with Crippen LogP contribution in [0.15, 0.2) is 11.6 Å². The molecule has 1 N–H and O–H groups in total. The molecule has 1 aromatic heterocycles. The molecular weight excluding hydrogens is 224 g/mol. The molecule has 0 aromatic carbocycles. The van der Waals surface area contributed by atoms with Gasteiger partial charge in [-0.15, -0.1) is 0 Å². The molecule has 0 saturated carbocycles. The lowest BCUT2D eigenvalue weighted by atomic mass is 9.92. The second-order valence-corrected chi connectivity index (χ2v) is 4.70. The Morgan fingerprint density at radius 2 is 2.25 bits per heavy atom. The normalized spacial score (nSPS) is 18.4. The number of aromatic nitrogens is 2. The lowest BCUT2D eigenvalue weighted by Gasteiger charge is -2.18. The van der Waals surface area contributed by atoms with Crippen molar-refractivity contribution in [1.29, 1.82) is 0 Å². The first-order valence-corrected chi connectivity index (χ1v) is 6.05. The fourth-order valence-electron chi connectivity index (χ4n) is 2.25. The molecule has 0 fully saturated rings. The number of rotatable bonds is 2. The molecule has 0 saturated heterocycles. The Labute approximate surface area is 101 Å². The van der Waals surface area contributed by atoms with Crippen molar-refractivity contribution in [2.75, 3.05) is 0 Å². The van der Waals surface area contributed by atoms with Crippen LogP contribution < -0.4 is 0 Å². The Kier molecular flexibility index (Phi) is 3.36. The molecule has 16 heavy (non-hydrogen) atoms. The maximum atomic E-state index is 10.3. The number of allylic oxidation sites excluding steroid dienone is 1. The molecule has 0 spiro atoms. The first-order valence-electron chi connectivity index (χ1n) is 5.67. The summed E-state index contributed by atoms with van der Waals surface area (Å²) in [7, 11) is 1.79. The summed E-state index contributed by atoms with van der Waals surface area (Å²) in [6.45, 7) is 1.88. The molecule has 1 aliphatic carbocycles. The number of aryl methyl sites for hydroxylation is 2. The summed E-state index contributed by atoms with van der Waals surface area (Å²) in [5.41, 5.74) is 2.66. The van der Waals surface area contributed by atoms with Gasteiger partial charge in [0.1, 0.15) is 11.3 Å². The van der Waals surface area contributed by atoms with Crippen LogP contribution in [0.5, 0.6) is 0 Å². The monoisotopic (exact) mass is 240 g/mol. The van der Waals surface area contributed by atoms with Gasteiger partial charge in [-0.2, -0.15) is 5.10 Å². The van der Waals surface area contributed by atoms with Gasteiger partial charge in [-0.1, -0.05) is 17.7 Å². The average Bonchev–Trinajstić information content (AvgIpc) is 2.54. The van der Waals surface area contributed by atoms with Gasteiger partial charge in [0.05, 0.1) is 5.69 Å². The van der Waals surface area contributed by atoms with Crippen LogP contribution in [-0.4, -0.2) is 14.9 Å². The molecule has 1 unspecified atom stereocenters. The van der Waals surface area contributed by atoms with E-state index in [1.807, 2.05) is 6.92 Å². The van der Waals surface area contributed by atoms with E-state index >= 15 is 0 Å². The summed E-state index contributed by atoms with van der Waals surface area (Å²) in [6, 6.07) is 0. The predicted molar refractivity (Wildman–Crippen MR) is 64.5 cm³/mol. The minimum Gasteiger partial charge on any atom is -0.384 e. The van der Waals surface area contributed by atoms with Gasteiger partial charge in [0, 0.05) is 12.6 Å². The van der Waals surface area contributed by atoms with Crippen LogP contribution in [0.3, 0.4) is 0 Å². The van der Waals surface area contributed by atoms with Gasteiger partial charge in [0.15, 0.2) is 0 Å². The highest BCUT2D eigenvalue weighted by Crippen LogP contribution is 2.34. The third-order valence-corrected chi connectivity index (χ3v) is 3.60. The molecule has 3 nitrogen and oxygen atoms in total. The topological polar surface area (TPSA) is 38.0 Å². The maximum absolute atomic E-state index is 10.3. The van der Waals surface area contributed by atoms with E-state index < -0.39 is 6.10 Å². The quantitative estimate of drug-likeness (QED) is 0.808. The third kappa shape index (κ3) is 2.02. The van der Waals surface area contributed by atoms with Crippen molar-refractivity contribution in [3.63, 3.8) is 0 Å². The Bertz CT molecular complexity index is 423. The van der Waals surface area contributed by atoms with E-state index in [0.717, 1.165) is 36.1 Å². The fourth-order valence-corrected chi connectivity index (χ4v) is 2.53. The molecule has 88 valence electrons. The molecule has 1 atom stereocenters. The minimum atomic E-state index is -0.582. The van der Waals surface area contributed by atoms with Crippen molar-refractivity contribution in [3.05, 3.63) is 28.1 Å². The first kappa shape index (κ1) is 11.7. The van der Waals surface area contributed by atoms with E-state index in [-0.39, 0.29) is 0 Å². The third-order valence-electron chi connectivity index (χ3n) is 3.15. The van der Waals surface area contributed by atoms with Crippen molar-refractivity contribution in [3.8, 4) is 0 Å². The van der Waals surface area contributed by atoms with Crippen molar-refractivity contribution < 1.29 is 5.11 Å². The number of aliphatic hydroxyl groups excluding tert-OH is 1. The van der Waals surface area contributed by atoms with E-state index in [2.05, 4.69) is 11.2 Å². The van der Waals surface area contributed by atoms with Gasteiger partial charge in [0.25, 0.3) is 0 Å². The number of halogens is 1. The van der Waals surface area contributed by atoms with Gasteiger partial charge in [-0.3, -0.25) is 4.68 Å². The summed E-state index contributed by atoms with van der Waals surface area (Å²) in [4.78, 5) is 0. The molecular formula is C12H17ClN2O. The lowest BCUT2D eigenvalue weighted by Crippen LogP contribution is -2.06. The molecule has 0 bridgehead atoms. The zero-order valence-electron chi connectivity index (χ0n) is 9.70. The van der Waals surface area contributed by atoms with E-state index in [0.29, 0.717) is 5.15 Å². The standard InChI is InChI=1S/C12H17ClN2O/c1-8-10(12(13)15(2)14-8)11(16)9-6-4-3-5-7-9/h6,11,16H,3-5,7H2,1-2H3. The van der Waals surface area contributed by atoms with Gasteiger partial charge in [0.2, 0.25) is 0 Å². The van der Waals surface area contributed by atoms with E-state index in [9.17, 15) is 5.11 Å². The summed E-state index contributed by atoms with van der Waals surface area (Å²) >= 11 is 6.14. The molecule has 0 amide bonds. The van der Waals surface area contributed by atoms with Crippen LogP contribution in [0.2, 0.25) is 5.15 Å². The molecule has 1 aliphatic rings. The smallest absolute Gasteiger partial charge is 0.133 e. The number of hydrogen-bond acceptors (Lipinski definition) is 2. The summed E-state index contributed by atoms with van der Waals surface area (Å²) in [6.07, 6.45) is 5.95. The molecule has 4 heteroatoms. The lowest BCUT2D eigenvalue weighted by molar-refractivity contribution is 0.207. The van der Waals surface area contributed by atoms with Gasteiger partial charge in [-0.25, -0.2) is 0 Å². The zero-order valence-corrected chi connectivity index (χ0v) is 10.5. The molecule has 1 aromatic rings. The van der Waals surface area contributed by atoms with E-state index in [1.165, 1.54) is 6.42 Å². The summed E-state index contributed by atoms with van der Waals surface area (Å²) < 4.78 is 1.61. The zero-order chi connectivity index (χ0) is 11.7. The SMILES string of the molecule is Cc1nn(C)c(Cl)c1C(O)C1=CCCCC1. The second kappa shape index (κ2) is 4.60. The van der Waals surface area contributed by atoms with Crippen molar-refractivity contribution in [1.82, 2.24) is 9.78 Å². The highest BCUT2D eigenvalue weighted by molar-refractivity contribution is 6.30. The Morgan fingerprint density at radius 3 is 2.75 bits per heavy atom. The van der Waals surface area contributed by atoms with Gasteiger partial charge in [-0.05, 0) is 38.2 Å². The molecule has 2 rings (SSSR count). The summed E-state index contributed by atoms with van der Waals surface area (Å²) in [5.74, 6) is 0. The van der Waals surface area contributed by atoms with Crippen molar-refractivity contribution in [2.45, 2.75) is 38.7 Å². The summed E-state index contributed by atoms with van der Waals surface area (Å²) in [5, 5.41) is 15.1.